The van der Waals surface area contributed by atoms with Crippen LogP contribution >= 0.6 is 0 Å². The minimum Gasteiger partial charge on any atom is -0.418 e. The van der Waals surface area contributed by atoms with Crippen LogP contribution in [0.3, 0.4) is 0 Å². The quantitative estimate of drug-likeness (QED) is 0.841. The Bertz CT molecular complexity index is 644. The maximum Gasteiger partial charge on any atom is 0.247 e. The highest BCUT2D eigenvalue weighted by molar-refractivity contribution is 5.76. The number of piperidine rings is 1. The SMILES string of the molecule is COCCC(=O)N1CCCCC1c1nnc(-c2ccncc2)o1. The lowest BCUT2D eigenvalue weighted by molar-refractivity contribution is -0.136. The number of nitrogens with zero attached hydrogens (tertiary/aromatic N) is 4. The number of carbonyl (C=O) groups is 1. The second-order valence-corrected chi connectivity index (χ2v) is 5.52. The Morgan fingerprint density at radius 2 is 2.17 bits per heavy atom. The maximum absolute atomic E-state index is 12.4. The van der Waals surface area contributed by atoms with Crippen molar-refractivity contribution in [1.29, 1.82) is 0 Å². The molecule has 0 aliphatic carbocycles. The van der Waals surface area contributed by atoms with Crippen molar-refractivity contribution in [3.05, 3.63) is 30.4 Å². The summed E-state index contributed by atoms with van der Waals surface area (Å²) in [7, 11) is 1.60. The minimum absolute atomic E-state index is 0.0696. The van der Waals surface area contributed by atoms with E-state index < -0.39 is 0 Å². The van der Waals surface area contributed by atoms with Gasteiger partial charge in [0.1, 0.15) is 6.04 Å². The molecule has 3 rings (SSSR count). The molecule has 1 amide bonds. The molecule has 7 heteroatoms. The van der Waals surface area contributed by atoms with Crippen LogP contribution in [0.1, 0.15) is 37.6 Å². The van der Waals surface area contributed by atoms with E-state index in [1.54, 1.807) is 19.5 Å². The van der Waals surface area contributed by atoms with Crippen LogP contribution in [0.4, 0.5) is 0 Å². The van der Waals surface area contributed by atoms with Crippen molar-refractivity contribution in [3.63, 3.8) is 0 Å². The van der Waals surface area contributed by atoms with Gasteiger partial charge in [-0.1, -0.05) is 0 Å². The van der Waals surface area contributed by atoms with Gasteiger partial charge >= 0.3 is 0 Å². The molecule has 1 saturated heterocycles. The summed E-state index contributed by atoms with van der Waals surface area (Å²) in [4.78, 5) is 18.2. The number of carbonyl (C=O) groups excluding carboxylic acids is 1. The first-order valence-electron chi connectivity index (χ1n) is 7.82. The average molecular weight is 316 g/mol. The number of amides is 1. The molecule has 0 bridgehead atoms. The van der Waals surface area contributed by atoms with E-state index in [1.165, 1.54) is 0 Å². The molecule has 3 heterocycles. The number of ether oxygens (including phenoxy) is 1. The fourth-order valence-corrected chi connectivity index (χ4v) is 2.80. The molecule has 1 fully saturated rings. The Morgan fingerprint density at radius 1 is 1.35 bits per heavy atom. The van der Waals surface area contributed by atoms with Crippen LogP contribution in [0, 0.1) is 0 Å². The predicted octanol–water partition coefficient (Wildman–Crippen LogP) is 2.22. The average Bonchev–Trinajstić information content (AvgIpc) is 3.10. The van der Waals surface area contributed by atoms with Gasteiger partial charge in [0.15, 0.2) is 0 Å². The number of hydrogen-bond acceptors (Lipinski definition) is 6. The topological polar surface area (TPSA) is 81.4 Å². The van der Waals surface area contributed by atoms with Crippen molar-refractivity contribution in [2.24, 2.45) is 0 Å². The van der Waals surface area contributed by atoms with E-state index in [4.69, 9.17) is 9.15 Å². The van der Waals surface area contributed by atoms with Gasteiger partial charge in [0.2, 0.25) is 17.7 Å². The van der Waals surface area contributed by atoms with Gasteiger partial charge in [-0.15, -0.1) is 10.2 Å². The molecule has 1 atom stereocenters. The summed E-state index contributed by atoms with van der Waals surface area (Å²) >= 11 is 0. The molecule has 0 radical (unpaired) electrons. The zero-order valence-electron chi connectivity index (χ0n) is 13.1. The van der Waals surface area contributed by atoms with Gasteiger partial charge in [-0.25, -0.2) is 0 Å². The molecule has 0 spiro atoms. The fraction of sp³-hybridized carbons (Fsp3) is 0.500. The van der Waals surface area contributed by atoms with Gasteiger partial charge in [-0.05, 0) is 31.4 Å². The summed E-state index contributed by atoms with van der Waals surface area (Å²) < 4.78 is 10.8. The molecule has 0 aromatic carbocycles. The molecule has 122 valence electrons. The zero-order valence-corrected chi connectivity index (χ0v) is 13.1. The molecule has 1 aliphatic heterocycles. The monoisotopic (exact) mass is 316 g/mol. The summed E-state index contributed by atoms with van der Waals surface area (Å²) in [6.45, 7) is 1.15. The lowest BCUT2D eigenvalue weighted by Crippen LogP contribution is -2.39. The third kappa shape index (κ3) is 3.56. The minimum atomic E-state index is -0.142. The van der Waals surface area contributed by atoms with Crippen LogP contribution in [-0.4, -0.2) is 46.2 Å². The van der Waals surface area contributed by atoms with Crippen molar-refractivity contribution in [2.75, 3.05) is 20.3 Å². The van der Waals surface area contributed by atoms with Gasteiger partial charge in [-0.2, -0.15) is 0 Å². The van der Waals surface area contributed by atoms with Crippen molar-refractivity contribution in [2.45, 2.75) is 31.7 Å². The molecule has 2 aromatic heterocycles. The second kappa shape index (κ2) is 7.32. The van der Waals surface area contributed by atoms with E-state index in [1.807, 2.05) is 17.0 Å². The van der Waals surface area contributed by atoms with Crippen LogP contribution in [0.15, 0.2) is 28.9 Å². The van der Waals surface area contributed by atoms with Crippen molar-refractivity contribution in [1.82, 2.24) is 20.1 Å². The first kappa shape index (κ1) is 15.6. The predicted molar refractivity (Wildman–Crippen MR) is 82.3 cm³/mol. The smallest absolute Gasteiger partial charge is 0.247 e. The lowest BCUT2D eigenvalue weighted by Gasteiger charge is -2.33. The largest absolute Gasteiger partial charge is 0.418 e. The summed E-state index contributed by atoms with van der Waals surface area (Å²) in [6, 6.07) is 3.50. The van der Waals surface area contributed by atoms with E-state index >= 15 is 0 Å². The van der Waals surface area contributed by atoms with Crippen molar-refractivity contribution >= 4 is 5.91 Å². The summed E-state index contributed by atoms with van der Waals surface area (Å²) in [5.74, 6) is 1.03. The molecule has 2 aromatic rings. The summed E-state index contributed by atoms with van der Waals surface area (Å²) in [5, 5.41) is 8.28. The number of aromatic nitrogens is 3. The van der Waals surface area contributed by atoms with Gasteiger partial charge in [0.05, 0.1) is 13.0 Å². The first-order chi connectivity index (χ1) is 11.3. The van der Waals surface area contributed by atoms with Crippen LogP contribution < -0.4 is 0 Å². The zero-order chi connectivity index (χ0) is 16.1. The van der Waals surface area contributed by atoms with E-state index in [0.29, 0.717) is 24.8 Å². The van der Waals surface area contributed by atoms with Gasteiger partial charge in [-0.3, -0.25) is 9.78 Å². The second-order valence-electron chi connectivity index (χ2n) is 5.52. The Morgan fingerprint density at radius 3 is 2.96 bits per heavy atom. The van der Waals surface area contributed by atoms with Crippen LogP contribution in [0.2, 0.25) is 0 Å². The lowest BCUT2D eigenvalue weighted by atomic mass is 10.0. The van der Waals surface area contributed by atoms with E-state index in [2.05, 4.69) is 15.2 Å². The Hall–Kier alpha value is -2.28. The summed E-state index contributed by atoms with van der Waals surface area (Å²) in [6.07, 6.45) is 6.63. The Kier molecular flexibility index (Phi) is 4.97. The molecular weight excluding hydrogens is 296 g/mol. The number of methoxy groups -OCH3 is 1. The third-order valence-corrected chi connectivity index (χ3v) is 4.00. The van der Waals surface area contributed by atoms with Crippen LogP contribution in [0.5, 0.6) is 0 Å². The molecular formula is C16H20N4O3. The molecule has 0 saturated carbocycles. The number of rotatable bonds is 5. The van der Waals surface area contributed by atoms with E-state index in [-0.39, 0.29) is 11.9 Å². The number of hydrogen-bond donors (Lipinski definition) is 0. The fourth-order valence-electron chi connectivity index (χ4n) is 2.80. The number of likely N-dealkylation sites (tertiary alicyclic amines) is 1. The normalized spacial score (nSPS) is 18.1. The molecule has 0 N–H and O–H groups in total. The van der Waals surface area contributed by atoms with Crippen molar-refractivity contribution in [3.8, 4) is 11.5 Å². The van der Waals surface area contributed by atoms with Crippen molar-refractivity contribution < 1.29 is 13.9 Å². The third-order valence-electron chi connectivity index (χ3n) is 4.00. The van der Waals surface area contributed by atoms with Gasteiger partial charge < -0.3 is 14.1 Å². The van der Waals surface area contributed by atoms with Crippen LogP contribution in [0.25, 0.3) is 11.5 Å². The maximum atomic E-state index is 12.4. The highest BCUT2D eigenvalue weighted by Gasteiger charge is 2.31. The van der Waals surface area contributed by atoms with Crippen LogP contribution in [-0.2, 0) is 9.53 Å². The van der Waals surface area contributed by atoms with E-state index in [9.17, 15) is 4.79 Å². The molecule has 1 unspecified atom stereocenters. The first-order valence-corrected chi connectivity index (χ1v) is 7.82. The van der Waals surface area contributed by atoms with Gasteiger partial charge in [0.25, 0.3) is 0 Å². The van der Waals surface area contributed by atoms with Gasteiger partial charge in [0, 0.05) is 31.6 Å². The summed E-state index contributed by atoms with van der Waals surface area (Å²) in [5.41, 5.74) is 0.826. The highest BCUT2D eigenvalue weighted by Crippen LogP contribution is 2.32. The Labute approximate surface area is 134 Å². The molecule has 7 nitrogen and oxygen atoms in total. The standard InChI is InChI=1S/C16H20N4O3/c1-22-11-7-14(21)20-10-3-2-4-13(20)16-19-18-15(23-16)12-5-8-17-9-6-12/h5-6,8-9,13H,2-4,7,10-11H2,1H3. The molecule has 23 heavy (non-hydrogen) atoms. The van der Waals surface area contributed by atoms with E-state index in [0.717, 1.165) is 31.4 Å². The molecule has 1 aliphatic rings. The number of pyridine rings is 1. The highest BCUT2D eigenvalue weighted by atomic mass is 16.5. The Balaban J connectivity index is 1.78.